The summed E-state index contributed by atoms with van der Waals surface area (Å²) < 4.78 is 0. The number of anilines is 1. The third-order valence-corrected chi connectivity index (χ3v) is 4.98. The van der Waals surface area contributed by atoms with Crippen LogP contribution < -0.4 is 10.6 Å². The molecule has 0 aliphatic carbocycles. The van der Waals surface area contributed by atoms with Gasteiger partial charge < -0.3 is 10.6 Å². The summed E-state index contributed by atoms with van der Waals surface area (Å²) in [6, 6.07) is 14.8. The third kappa shape index (κ3) is 5.39. The van der Waals surface area contributed by atoms with E-state index in [-0.39, 0.29) is 0 Å². The maximum atomic E-state index is 11.9. The van der Waals surface area contributed by atoms with Crippen LogP contribution in [0, 0.1) is 6.92 Å². The lowest BCUT2D eigenvalue weighted by atomic mass is 10.2. The zero-order valence-electron chi connectivity index (χ0n) is 14.7. The third-order valence-electron chi connectivity index (χ3n) is 3.81. The van der Waals surface area contributed by atoms with Gasteiger partial charge in [-0.25, -0.2) is 4.98 Å². The Hall–Kier alpha value is -2.70. The number of thiazole rings is 1. The first-order valence-corrected chi connectivity index (χ1v) is 9.63. The van der Waals surface area contributed by atoms with Crippen LogP contribution in [0.2, 0.25) is 5.02 Å². The number of nitrogens with one attached hydrogen (secondary N) is 2. The summed E-state index contributed by atoms with van der Waals surface area (Å²) in [5.41, 5.74) is 3.63. The number of nitrogens with zero attached hydrogens (tertiary/aromatic N) is 1. The Balaban J connectivity index is 1.48. The molecule has 0 unspecified atom stereocenters. The van der Waals surface area contributed by atoms with Gasteiger partial charge in [0.05, 0.1) is 5.69 Å². The zero-order chi connectivity index (χ0) is 19.2. The highest BCUT2D eigenvalue weighted by atomic mass is 35.5. The molecule has 0 aliphatic heterocycles. The van der Waals surface area contributed by atoms with Gasteiger partial charge in [0, 0.05) is 34.6 Å². The van der Waals surface area contributed by atoms with Crippen molar-refractivity contribution in [2.24, 2.45) is 0 Å². The van der Waals surface area contributed by atoms with E-state index in [0.29, 0.717) is 23.7 Å². The fourth-order valence-electron chi connectivity index (χ4n) is 2.39. The number of carbonyl (C=O) groups excluding carboxylic acids is 2. The topological polar surface area (TPSA) is 71.1 Å². The van der Waals surface area contributed by atoms with Crippen molar-refractivity contribution in [2.75, 3.05) is 11.9 Å². The van der Waals surface area contributed by atoms with Gasteiger partial charge in [-0.2, -0.15) is 0 Å². The number of benzene rings is 2. The molecule has 0 radical (unpaired) electrons. The number of aromatic nitrogens is 1. The fourth-order valence-corrected chi connectivity index (χ4v) is 3.44. The maximum Gasteiger partial charge on any atom is 0.313 e. The number of hydrogen-bond acceptors (Lipinski definition) is 4. The summed E-state index contributed by atoms with van der Waals surface area (Å²) in [7, 11) is 0. The van der Waals surface area contributed by atoms with Crippen LogP contribution in [0.1, 0.15) is 11.3 Å². The Morgan fingerprint density at radius 3 is 2.63 bits per heavy atom. The lowest BCUT2D eigenvalue weighted by molar-refractivity contribution is -0.136. The Morgan fingerprint density at radius 1 is 1.11 bits per heavy atom. The van der Waals surface area contributed by atoms with Crippen molar-refractivity contribution in [3.05, 3.63) is 70.2 Å². The van der Waals surface area contributed by atoms with E-state index in [0.717, 1.165) is 16.3 Å². The van der Waals surface area contributed by atoms with Crippen molar-refractivity contribution in [2.45, 2.75) is 13.3 Å². The number of rotatable bonds is 5. The first-order valence-electron chi connectivity index (χ1n) is 8.37. The Bertz CT molecular complexity index is 954. The molecule has 7 heteroatoms. The van der Waals surface area contributed by atoms with Crippen LogP contribution in [0.15, 0.2) is 53.9 Å². The van der Waals surface area contributed by atoms with E-state index in [1.54, 1.807) is 35.6 Å². The van der Waals surface area contributed by atoms with E-state index in [1.807, 2.05) is 24.4 Å². The number of amides is 2. The van der Waals surface area contributed by atoms with Crippen molar-refractivity contribution < 1.29 is 9.59 Å². The number of carbonyl (C=O) groups is 2. The predicted molar refractivity (Wildman–Crippen MR) is 109 cm³/mol. The zero-order valence-corrected chi connectivity index (χ0v) is 16.2. The second kappa shape index (κ2) is 8.79. The van der Waals surface area contributed by atoms with Gasteiger partial charge in [-0.1, -0.05) is 47.5 Å². The number of aryl methyl sites for hydroxylation is 1. The van der Waals surface area contributed by atoms with E-state index in [2.05, 4.69) is 27.8 Å². The van der Waals surface area contributed by atoms with Crippen molar-refractivity contribution in [3.8, 4) is 10.6 Å². The van der Waals surface area contributed by atoms with Crippen LogP contribution in [0.3, 0.4) is 0 Å². The molecule has 2 N–H and O–H groups in total. The molecule has 27 heavy (non-hydrogen) atoms. The van der Waals surface area contributed by atoms with Gasteiger partial charge in [-0.05, 0) is 25.1 Å². The molecular weight excluding hydrogens is 382 g/mol. The fraction of sp³-hybridized carbons (Fsp3) is 0.150. The summed E-state index contributed by atoms with van der Waals surface area (Å²) in [4.78, 5) is 28.4. The van der Waals surface area contributed by atoms with Crippen LogP contribution in [-0.4, -0.2) is 23.3 Å². The van der Waals surface area contributed by atoms with Crippen molar-refractivity contribution in [1.29, 1.82) is 0 Å². The lowest BCUT2D eigenvalue weighted by Crippen LogP contribution is -2.36. The van der Waals surface area contributed by atoms with Gasteiger partial charge in [-0.15, -0.1) is 11.3 Å². The number of halogens is 1. The molecule has 3 aromatic rings. The number of hydrogen-bond donors (Lipinski definition) is 2. The summed E-state index contributed by atoms with van der Waals surface area (Å²) in [6.07, 6.45) is 0.554. The van der Waals surface area contributed by atoms with Gasteiger partial charge in [0.25, 0.3) is 0 Å². The van der Waals surface area contributed by atoms with E-state index in [4.69, 9.17) is 11.6 Å². The molecule has 2 amide bonds. The Morgan fingerprint density at radius 2 is 1.89 bits per heavy atom. The molecule has 138 valence electrons. The monoisotopic (exact) mass is 399 g/mol. The molecule has 1 heterocycles. The van der Waals surface area contributed by atoms with Crippen LogP contribution in [0.4, 0.5) is 5.69 Å². The maximum absolute atomic E-state index is 11.9. The minimum Gasteiger partial charge on any atom is -0.347 e. The Kier molecular flexibility index (Phi) is 6.21. The van der Waals surface area contributed by atoms with Gasteiger partial charge in [0.15, 0.2) is 0 Å². The molecule has 2 aromatic carbocycles. The predicted octanol–water partition coefficient (Wildman–Crippen LogP) is 4.07. The first-order chi connectivity index (χ1) is 13.0. The van der Waals surface area contributed by atoms with Gasteiger partial charge >= 0.3 is 11.8 Å². The van der Waals surface area contributed by atoms with Crippen molar-refractivity contribution in [1.82, 2.24) is 10.3 Å². The first kappa shape index (κ1) is 19.1. The SMILES string of the molecule is Cc1ccc(-c2nc(CCNC(=O)C(=O)Nc3cccc(Cl)c3)cs2)cc1. The lowest BCUT2D eigenvalue weighted by Gasteiger charge is -2.06. The molecule has 1 aromatic heterocycles. The molecule has 0 saturated heterocycles. The average molecular weight is 400 g/mol. The quantitative estimate of drug-likeness (QED) is 0.635. The summed E-state index contributed by atoms with van der Waals surface area (Å²) in [5, 5.41) is 8.51. The minimum absolute atomic E-state index is 0.332. The molecule has 0 atom stereocenters. The minimum atomic E-state index is -0.726. The molecule has 0 bridgehead atoms. The summed E-state index contributed by atoms with van der Waals surface area (Å²) >= 11 is 7.42. The van der Waals surface area contributed by atoms with Crippen molar-refractivity contribution in [3.63, 3.8) is 0 Å². The second-order valence-corrected chi connectivity index (χ2v) is 7.27. The molecule has 0 saturated carbocycles. The summed E-state index contributed by atoms with van der Waals surface area (Å²) in [6.45, 7) is 2.38. The van der Waals surface area contributed by atoms with E-state index < -0.39 is 11.8 Å². The molecule has 0 fully saturated rings. The van der Waals surface area contributed by atoms with Crippen LogP contribution >= 0.6 is 22.9 Å². The average Bonchev–Trinajstić information content (AvgIpc) is 3.11. The largest absolute Gasteiger partial charge is 0.347 e. The molecule has 0 spiro atoms. The second-order valence-electron chi connectivity index (χ2n) is 5.98. The summed E-state index contributed by atoms with van der Waals surface area (Å²) in [5.74, 6) is -1.42. The van der Waals surface area contributed by atoms with E-state index >= 15 is 0 Å². The highest BCUT2D eigenvalue weighted by Crippen LogP contribution is 2.24. The van der Waals surface area contributed by atoms with Gasteiger partial charge in [-0.3, -0.25) is 9.59 Å². The van der Waals surface area contributed by atoms with Crippen LogP contribution in [-0.2, 0) is 16.0 Å². The molecule has 0 aliphatic rings. The molecular formula is C20H18ClN3O2S. The van der Waals surface area contributed by atoms with Crippen molar-refractivity contribution >= 4 is 40.4 Å². The Labute approximate surface area is 166 Å². The van der Waals surface area contributed by atoms with Gasteiger partial charge in [0.2, 0.25) is 0 Å². The molecule has 3 rings (SSSR count). The smallest absolute Gasteiger partial charge is 0.313 e. The normalized spacial score (nSPS) is 10.4. The molecule has 5 nitrogen and oxygen atoms in total. The van der Waals surface area contributed by atoms with Crippen LogP contribution in [0.25, 0.3) is 10.6 Å². The van der Waals surface area contributed by atoms with Crippen LogP contribution in [0.5, 0.6) is 0 Å². The van der Waals surface area contributed by atoms with E-state index in [9.17, 15) is 9.59 Å². The standard InChI is InChI=1S/C20H18ClN3O2S/c1-13-5-7-14(8-6-13)20-24-17(12-27-20)9-10-22-18(25)19(26)23-16-4-2-3-15(21)11-16/h2-8,11-12H,9-10H2,1H3,(H,22,25)(H,23,26). The van der Waals surface area contributed by atoms with Gasteiger partial charge in [0.1, 0.15) is 5.01 Å². The highest BCUT2D eigenvalue weighted by molar-refractivity contribution is 7.13. The highest BCUT2D eigenvalue weighted by Gasteiger charge is 2.13. The van der Waals surface area contributed by atoms with E-state index in [1.165, 1.54) is 5.56 Å².